The summed E-state index contributed by atoms with van der Waals surface area (Å²) >= 11 is 0. The second kappa shape index (κ2) is 6.96. The van der Waals surface area contributed by atoms with Gasteiger partial charge in [0.15, 0.2) is 0 Å². The highest BCUT2D eigenvalue weighted by Crippen LogP contribution is 2.28. The first kappa shape index (κ1) is 18.8. The van der Waals surface area contributed by atoms with Crippen molar-refractivity contribution in [3.05, 3.63) is 23.8 Å². The van der Waals surface area contributed by atoms with Crippen molar-refractivity contribution in [2.75, 3.05) is 26.2 Å². The van der Waals surface area contributed by atoms with Gasteiger partial charge < -0.3 is 5.73 Å². The molecule has 1 atom stereocenters. The second-order valence-electron chi connectivity index (χ2n) is 6.80. The molecule has 140 valence electrons. The van der Waals surface area contributed by atoms with Crippen molar-refractivity contribution in [3.63, 3.8) is 0 Å². The van der Waals surface area contributed by atoms with E-state index in [1.54, 1.807) is 13.0 Å². The molecule has 0 saturated carbocycles. The highest BCUT2D eigenvalue weighted by molar-refractivity contribution is 7.90. The summed E-state index contributed by atoms with van der Waals surface area (Å²) in [5.41, 5.74) is 6.37. The Hall–Kier alpha value is -1.00. The molecule has 9 heteroatoms. The molecule has 0 bridgehead atoms. The van der Waals surface area contributed by atoms with Gasteiger partial charge in [0.05, 0.1) is 9.79 Å². The summed E-state index contributed by atoms with van der Waals surface area (Å²) in [5, 5.41) is 0. The normalized spacial score (nSPS) is 23.8. The van der Waals surface area contributed by atoms with Crippen LogP contribution in [-0.2, 0) is 20.0 Å². The number of benzene rings is 1. The van der Waals surface area contributed by atoms with Gasteiger partial charge in [-0.1, -0.05) is 12.5 Å². The molecule has 1 aromatic rings. The lowest BCUT2D eigenvalue weighted by Gasteiger charge is -2.27. The first-order valence-electron chi connectivity index (χ1n) is 8.59. The summed E-state index contributed by atoms with van der Waals surface area (Å²) in [6.07, 6.45) is 3.31. The Morgan fingerprint density at radius 2 is 1.64 bits per heavy atom. The lowest BCUT2D eigenvalue weighted by atomic mass is 10.2. The minimum atomic E-state index is -3.73. The van der Waals surface area contributed by atoms with Gasteiger partial charge in [0.2, 0.25) is 20.0 Å². The molecule has 2 aliphatic heterocycles. The fourth-order valence-electron chi connectivity index (χ4n) is 3.38. The molecule has 0 aromatic heterocycles. The third-order valence-electron chi connectivity index (χ3n) is 4.92. The first-order chi connectivity index (χ1) is 11.7. The Balaban J connectivity index is 1.98. The van der Waals surface area contributed by atoms with E-state index in [0.717, 1.165) is 19.3 Å². The molecule has 7 nitrogen and oxygen atoms in total. The average Bonchev–Trinajstić information content (AvgIpc) is 3.03. The van der Waals surface area contributed by atoms with Crippen molar-refractivity contribution < 1.29 is 16.8 Å². The molecular weight excluding hydrogens is 362 g/mol. The molecule has 0 amide bonds. The molecule has 2 aliphatic rings. The van der Waals surface area contributed by atoms with E-state index in [2.05, 4.69) is 0 Å². The highest BCUT2D eigenvalue weighted by Gasteiger charge is 2.33. The molecule has 2 fully saturated rings. The van der Waals surface area contributed by atoms with Crippen LogP contribution in [0.3, 0.4) is 0 Å². The van der Waals surface area contributed by atoms with Crippen LogP contribution in [-0.4, -0.2) is 57.7 Å². The molecule has 1 aromatic carbocycles. The minimum Gasteiger partial charge on any atom is -0.326 e. The van der Waals surface area contributed by atoms with Gasteiger partial charge in [0.25, 0.3) is 0 Å². The van der Waals surface area contributed by atoms with Crippen LogP contribution in [0.2, 0.25) is 0 Å². The minimum absolute atomic E-state index is 0.0165. The van der Waals surface area contributed by atoms with Crippen molar-refractivity contribution >= 4 is 20.0 Å². The first-order valence-corrected chi connectivity index (χ1v) is 11.5. The third-order valence-corrected chi connectivity index (χ3v) is 8.82. The van der Waals surface area contributed by atoms with Crippen LogP contribution in [0.25, 0.3) is 0 Å². The Kier molecular flexibility index (Phi) is 5.23. The highest BCUT2D eigenvalue weighted by atomic mass is 32.2. The average molecular weight is 388 g/mol. The van der Waals surface area contributed by atoms with Crippen LogP contribution in [0.5, 0.6) is 0 Å². The third kappa shape index (κ3) is 3.61. The standard InChI is InChI=1S/C16H25N3O4S2/c1-13-5-6-15(24(20,21)19-10-7-14(17)12-19)11-16(13)25(22,23)18-8-3-2-4-9-18/h5-6,11,14H,2-4,7-10,12,17H2,1H3/t14-/m1/s1. The number of rotatable bonds is 4. The lowest BCUT2D eigenvalue weighted by molar-refractivity contribution is 0.346. The topological polar surface area (TPSA) is 101 Å². The van der Waals surface area contributed by atoms with E-state index in [-0.39, 0.29) is 22.4 Å². The maximum atomic E-state index is 13.0. The van der Waals surface area contributed by atoms with Gasteiger partial charge in [-0.05, 0) is 43.9 Å². The Morgan fingerprint density at radius 1 is 0.960 bits per heavy atom. The van der Waals surface area contributed by atoms with Crippen molar-refractivity contribution in [2.24, 2.45) is 5.73 Å². The van der Waals surface area contributed by atoms with E-state index in [1.165, 1.54) is 20.7 Å². The quantitative estimate of drug-likeness (QED) is 0.827. The van der Waals surface area contributed by atoms with Crippen molar-refractivity contribution in [3.8, 4) is 0 Å². The van der Waals surface area contributed by atoms with Crippen LogP contribution in [0.15, 0.2) is 28.0 Å². The number of hydrogen-bond donors (Lipinski definition) is 1. The smallest absolute Gasteiger partial charge is 0.243 e. The van der Waals surface area contributed by atoms with Gasteiger partial charge in [0, 0.05) is 32.2 Å². The molecule has 2 heterocycles. The van der Waals surface area contributed by atoms with Crippen LogP contribution in [0.4, 0.5) is 0 Å². The molecule has 0 spiro atoms. The van der Waals surface area contributed by atoms with Crippen molar-refractivity contribution in [1.29, 1.82) is 0 Å². The Morgan fingerprint density at radius 3 is 2.24 bits per heavy atom. The van der Waals surface area contributed by atoms with Gasteiger partial charge in [-0.15, -0.1) is 0 Å². The van der Waals surface area contributed by atoms with E-state index in [9.17, 15) is 16.8 Å². The second-order valence-corrected chi connectivity index (χ2v) is 10.6. The summed E-state index contributed by atoms with van der Waals surface area (Å²) in [7, 11) is -7.42. The van der Waals surface area contributed by atoms with E-state index >= 15 is 0 Å². The van der Waals surface area contributed by atoms with Crippen LogP contribution < -0.4 is 5.73 Å². The zero-order chi connectivity index (χ0) is 18.2. The number of aryl methyl sites for hydroxylation is 1. The summed E-state index contributed by atoms with van der Waals surface area (Å²) in [4.78, 5) is 0.0988. The van der Waals surface area contributed by atoms with Gasteiger partial charge in [-0.25, -0.2) is 16.8 Å². The largest absolute Gasteiger partial charge is 0.326 e. The number of nitrogens with zero attached hydrogens (tertiary/aromatic N) is 2. The van der Waals surface area contributed by atoms with E-state index in [1.807, 2.05) is 0 Å². The molecule has 2 N–H and O–H groups in total. The Bertz CT molecular complexity index is 846. The molecule has 3 rings (SSSR count). The van der Waals surface area contributed by atoms with E-state index in [4.69, 9.17) is 5.73 Å². The maximum Gasteiger partial charge on any atom is 0.243 e. The zero-order valence-corrected chi connectivity index (χ0v) is 16.0. The van der Waals surface area contributed by atoms with Gasteiger partial charge in [-0.2, -0.15) is 8.61 Å². The van der Waals surface area contributed by atoms with Gasteiger partial charge in [-0.3, -0.25) is 0 Å². The predicted molar refractivity (Wildman–Crippen MR) is 95.1 cm³/mol. The van der Waals surface area contributed by atoms with E-state index < -0.39 is 20.0 Å². The molecule has 25 heavy (non-hydrogen) atoms. The fraction of sp³-hybridized carbons (Fsp3) is 0.625. The maximum absolute atomic E-state index is 13.0. The van der Waals surface area contributed by atoms with Gasteiger partial charge in [0.1, 0.15) is 0 Å². The molecule has 2 saturated heterocycles. The molecule has 0 radical (unpaired) electrons. The van der Waals surface area contributed by atoms with Crippen LogP contribution in [0, 0.1) is 6.92 Å². The number of sulfonamides is 2. The van der Waals surface area contributed by atoms with Gasteiger partial charge >= 0.3 is 0 Å². The van der Waals surface area contributed by atoms with Crippen molar-refractivity contribution in [2.45, 2.75) is 48.4 Å². The monoisotopic (exact) mass is 387 g/mol. The SMILES string of the molecule is Cc1ccc(S(=O)(=O)N2CC[C@@H](N)C2)cc1S(=O)(=O)N1CCCCC1. The summed E-state index contributed by atoms with van der Waals surface area (Å²) < 4.78 is 54.3. The predicted octanol–water partition coefficient (Wildman–Crippen LogP) is 0.891. The zero-order valence-electron chi connectivity index (χ0n) is 14.4. The van der Waals surface area contributed by atoms with Crippen LogP contribution in [0.1, 0.15) is 31.2 Å². The fourth-order valence-corrected chi connectivity index (χ4v) is 6.77. The number of nitrogens with two attached hydrogens (primary N) is 1. The summed E-state index contributed by atoms with van der Waals surface area (Å²) in [5.74, 6) is 0. The summed E-state index contributed by atoms with van der Waals surface area (Å²) in [6.45, 7) is 3.30. The summed E-state index contributed by atoms with van der Waals surface area (Å²) in [6, 6.07) is 4.18. The van der Waals surface area contributed by atoms with Crippen LogP contribution >= 0.6 is 0 Å². The van der Waals surface area contributed by atoms with Crippen molar-refractivity contribution in [1.82, 2.24) is 8.61 Å². The van der Waals surface area contributed by atoms with E-state index in [0.29, 0.717) is 31.6 Å². The number of hydrogen-bond acceptors (Lipinski definition) is 5. The lowest BCUT2D eigenvalue weighted by Crippen LogP contribution is -2.36. The molecular formula is C16H25N3O4S2. The number of piperidine rings is 1. The Labute approximate surface area is 149 Å². The molecule has 0 unspecified atom stereocenters. The molecule has 0 aliphatic carbocycles.